The van der Waals surface area contributed by atoms with E-state index in [-0.39, 0.29) is 18.4 Å². The number of anilines is 1. The van der Waals surface area contributed by atoms with Gasteiger partial charge < -0.3 is 14.6 Å². The molecule has 0 atom stereocenters. The predicted octanol–water partition coefficient (Wildman–Crippen LogP) is 3.98. The van der Waals surface area contributed by atoms with Gasteiger partial charge in [-0.15, -0.1) is 0 Å². The SMILES string of the molecule is CCOC(=O)c1c(C)c(-c2ccccc2)n(CC(=O)Nc2cccnc2)c1C. The van der Waals surface area contributed by atoms with Gasteiger partial charge in [-0.1, -0.05) is 30.3 Å². The van der Waals surface area contributed by atoms with Crippen molar-refractivity contribution in [1.82, 2.24) is 9.55 Å². The number of esters is 1. The second kappa shape index (κ2) is 8.52. The Balaban J connectivity index is 2.02. The lowest BCUT2D eigenvalue weighted by Crippen LogP contribution is -2.20. The molecule has 1 aromatic carbocycles. The maximum atomic E-state index is 12.7. The van der Waals surface area contributed by atoms with Crippen molar-refractivity contribution < 1.29 is 14.3 Å². The Labute approximate surface area is 164 Å². The number of hydrogen-bond donors (Lipinski definition) is 1. The molecule has 0 aliphatic heterocycles. The van der Waals surface area contributed by atoms with Crippen LogP contribution < -0.4 is 5.32 Å². The fourth-order valence-corrected chi connectivity index (χ4v) is 3.35. The molecular formula is C22H23N3O3. The van der Waals surface area contributed by atoms with Gasteiger partial charge in [0.25, 0.3) is 0 Å². The van der Waals surface area contributed by atoms with Crippen molar-refractivity contribution in [1.29, 1.82) is 0 Å². The van der Waals surface area contributed by atoms with Gasteiger partial charge in [0, 0.05) is 11.9 Å². The number of ether oxygens (including phenoxy) is 1. The average molecular weight is 377 g/mol. The van der Waals surface area contributed by atoms with Crippen LogP contribution in [0.2, 0.25) is 0 Å². The fraction of sp³-hybridized carbons (Fsp3) is 0.227. The van der Waals surface area contributed by atoms with E-state index in [0.29, 0.717) is 23.6 Å². The Morgan fingerprint density at radius 1 is 1.11 bits per heavy atom. The maximum Gasteiger partial charge on any atom is 0.340 e. The lowest BCUT2D eigenvalue weighted by atomic mass is 10.1. The van der Waals surface area contributed by atoms with Crippen molar-refractivity contribution in [2.75, 3.05) is 11.9 Å². The van der Waals surface area contributed by atoms with Gasteiger partial charge in [0.05, 0.1) is 29.7 Å². The van der Waals surface area contributed by atoms with E-state index in [1.54, 1.807) is 31.5 Å². The quantitative estimate of drug-likeness (QED) is 0.660. The van der Waals surface area contributed by atoms with Crippen LogP contribution in [0.3, 0.4) is 0 Å². The average Bonchev–Trinajstić information content (AvgIpc) is 2.93. The largest absolute Gasteiger partial charge is 0.462 e. The van der Waals surface area contributed by atoms with Crippen LogP contribution in [0, 0.1) is 13.8 Å². The summed E-state index contributed by atoms with van der Waals surface area (Å²) >= 11 is 0. The first-order chi connectivity index (χ1) is 13.5. The Kier molecular flexibility index (Phi) is 5.89. The lowest BCUT2D eigenvalue weighted by Gasteiger charge is -2.13. The molecule has 3 rings (SSSR count). The van der Waals surface area contributed by atoms with E-state index in [9.17, 15) is 9.59 Å². The number of pyridine rings is 1. The zero-order valence-corrected chi connectivity index (χ0v) is 16.2. The number of nitrogens with zero attached hydrogens (tertiary/aromatic N) is 2. The Hall–Kier alpha value is -3.41. The van der Waals surface area contributed by atoms with Crippen LogP contribution in [0.25, 0.3) is 11.3 Å². The van der Waals surface area contributed by atoms with E-state index in [1.807, 2.05) is 48.7 Å². The van der Waals surface area contributed by atoms with Crippen molar-refractivity contribution in [3.63, 3.8) is 0 Å². The highest BCUT2D eigenvalue weighted by atomic mass is 16.5. The van der Waals surface area contributed by atoms with Crippen molar-refractivity contribution in [2.24, 2.45) is 0 Å². The smallest absolute Gasteiger partial charge is 0.340 e. The minimum atomic E-state index is -0.374. The molecule has 0 saturated heterocycles. The normalized spacial score (nSPS) is 10.5. The van der Waals surface area contributed by atoms with Crippen LogP contribution in [0.15, 0.2) is 54.9 Å². The molecule has 0 fully saturated rings. The van der Waals surface area contributed by atoms with Crippen LogP contribution in [0.1, 0.15) is 28.5 Å². The zero-order valence-electron chi connectivity index (χ0n) is 16.2. The fourth-order valence-electron chi connectivity index (χ4n) is 3.35. The molecule has 0 aliphatic rings. The number of benzene rings is 1. The van der Waals surface area contributed by atoms with E-state index < -0.39 is 0 Å². The van der Waals surface area contributed by atoms with E-state index >= 15 is 0 Å². The lowest BCUT2D eigenvalue weighted by molar-refractivity contribution is -0.116. The second-order valence-corrected chi connectivity index (χ2v) is 6.40. The molecule has 0 radical (unpaired) electrons. The van der Waals surface area contributed by atoms with Crippen molar-refractivity contribution >= 4 is 17.6 Å². The van der Waals surface area contributed by atoms with Gasteiger partial charge in [-0.25, -0.2) is 4.79 Å². The van der Waals surface area contributed by atoms with Crippen LogP contribution in [0.4, 0.5) is 5.69 Å². The van der Waals surface area contributed by atoms with E-state index in [4.69, 9.17) is 4.74 Å². The summed E-state index contributed by atoms with van der Waals surface area (Å²) in [5.74, 6) is -0.570. The third-order valence-corrected chi connectivity index (χ3v) is 4.54. The maximum absolute atomic E-state index is 12.7. The van der Waals surface area contributed by atoms with Crippen molar-refractivity contribution in [3.05, 3.63) is 71.7 Å². The van der Waals surface area contributed by atoms with Gasteiger partial charge in [0.15, 0.2) is 0 Å². The number of hydrogen-bond acceptors (Lipinski definition) is 4. The minimum absolute atomic E-state index is 0.0746. The molecule has 1 amide bonds. The van der Waals surface area contributed by atoms with Crippen molar-refractivity contribution in [2.45, 2.75) is 27.3 Å². The third-order valence-electron chi connectivity index (χ3n) is 4.54. The summed E-state index contributed by atoms with van der Waals surface area (Å²) in [6, 6.07) is 13.3. The number of rotatable bonds is 6. The molecule has 28 heavy (non-hydrogen) atoms. The molecule has 0 spiro atoms. The van der Waals surface area contributed by atoms with Crippen LogP contribution in [-0.4, -0.2) is 28.0 Å². The van der Waals surface area contributed by atoms with E-state index in [1.165, 1.54) is 0 Å². The predicted molar refractivity (Wildman–Crippen MR) is 108 cm³/mol. The number of carbonyl (C=O) groups excluding carboxylic acids is 2. The van der Waals surface area contributed by atoms with Crippen LogP contribution in [0.5, 0.6) is 0 Å². The van der Waals surface area contributed by atoms with Gasteiger partial charge in [-0.05, 0) is 44.0 Å². The first-order valence-corrected chi connectivity index (χ1v) is 9.15. The van der Waals surface area contributed by atoms with Crippen LogP contribution >= 0.6 is 0 Å². The summed E-state index contributed by atoms with van der Waals surface area (Å²) in [4.78, 5) is 29.2. The Morgan fingerprint density at radius 2 is 1.86 bits per heavy atom. The van der Waals surface area contributed by atoms with Gasteiger partial charge in [-0.3, -0.25) is 9.78 Å². The number of nitrogens with one attached hydrogen (secondary N) is 1. The number of carbonyl (C=O) groups is 2. The van der Waals surface area contributed by atoms with E-state index in [2.05, 4.69) is 10.3 Å². The third kappa shape index (κ3) is 3.96. The Bertz CT molecular complexity index is 979. The Morgan fingerprint density at radius 3 is 2.50 bits per heavy atom. The molecule has 6 heteroatoms. The molecule has 0 bridgehead atoms. The van der Waals surface area contributed by atoms with Crippen LogP contribution in [-0.2, 0) is 16.1 Å². The molecule has 1 N–H and O–H groups in total. The summed E-state index contributed by atoms with van der Waals surface area (Å²) in [6.07, 6.45) is 3.24. The van der Waals surface area contributed by atoms with Gasteiger partial charge in [0.1, 0.15) is 6.54 Å². The molecule has 3 aromatic rings. The standard InChI is InChI=1S/C22H23N3O3/c1-4-28-22(27)20-15(2)21(17-9-6-5-7-10-17)25(16(20)3)14-19(26)24-18-11-8-12-23-13-18/h5-13H,4,14H2,1-3H3,(H,24,26). The first-order valence-electron chi connectivity index (χ1n) is 9.15. The highest BCUT2D eigenvalue weighted by Crippen LogP contribution is 2.31. The number of aromatic nitrogens is 2. The topological polar surface area (TPSA) is 73.2 Å². The molecule has 2 aromatic heterocycles. The molecule has 2 heterocycles. The first kappa shape index (κ1) is 19.4. The molecule has 0 saturated carbocycles. The van der Waals surface area contributed by atoms with Gasteiger partial charge in [0.2, 0.25) is 5.91 Å². The zero-order chi connectivity index (χ0) is 20.1. The highest BCUT2D eigenvalue weighted by molar-refractivity contribution is 5.96. The molecule has 0 aliphatic carbocycles. The summed E-state index contributed by atoms with van der Waals surface area (Å²) in [7, 11) is 0. The summed E-state index contributed by atoms with van der Waals surface area (Å²) in [5, 5.41) is 2.84. The molecular weight excluding hydrogens is 354 g/mol. The summed E-state index contributed by atoms with van der Waals surface area (Å²) in [6.45, 7) is 5.87. The monoisotopic (exact) mass is 377 g/mol. The summed E-state index contributed by atoms with van der Waals surface area (Å²) < 4.78 is 7.10. The van der Waals surface area contributed by atoms with Gasteiger partial charge >= 0.3 is 5.97 Å². The van der Waals surface area contributed by atoms with Crippen molar-refractivity contribution in [3.8, 4) is 11.3 Å². The highest BCUT2D eigenvalue weighted by Gasteiger charge is 2.25. The molecule has 0 unspecified atom stereocenters. The minimum Gasteiger partial charge on any atom is -0.462 e. The van der Waals surface area contributed by atoms with E-state index in [0.717, 1.165) is 16.8 Å². The molecule has 144 valence electrons. The second-order valence-electron chi connectivity index (χ2n) is 6.40. The van der Waals surface area contributed by atoms with Gasteiger partial charge in [-0.2, -0.15) is 0 Å². The number of amides is 1. The molecule has 6 nitrogen and oxygen atoms in total. The summed E-state index contributed by atoms with van der Waals surface area (Å²) in [5.41, 5.74) is 4.42.